The smallest absolute Gasteiger partial charge is 0.239 e. The summed E-state index contributed by atoms with van der Waals surface area (Å²) in [6.45, 7) is 8.23. The number of aromatic nitrogens is 2. The highest BCUT2D eigenvalue weighted by atomic mass is 32.1. The molecule has 1 aliphatic heterocycles. The summed E-state index contributed by atoms with van der Waals surface area (Å²) in [5.74, 6) is 0.825. The third-order valence-corrected chi connectivity index (χ3v) is 7.46. The van der Waals surface area contributed by atoms with Crippen molar-refractivity contribution in [3.8, 4) is 0 Å². The van der Waals surface area contributed by atoms with Crippen LogP contribution in [-0.2, 0) is 17.8 Å². The number of hydrogen-bond acceptors (Lipinski definition) is 6. The molecule has 1 saturated heterocycles. The molecule has 0 spiro atoms. The van der Waals surface area contributed by atoms with Gasteiger partial charge in [-0.1, -0.05) is 66.6 Å². The molecule has 0 bridgehead atoms. The molecule has 1 amide bonds. The van der Waals surface area contributed by atoms with Crippen LogP contribution in [-0.4, -0.2) is 52.4 Å². The number of carbonyl (C=O) groups excluding carboxylic acids is 1. The summed E-state index contributed by atoms with van der Waals surface area (Å²) in [5.41, 5.74) is 3.58. The Kier molecular flexibility index (Phi) is 9.26. The van der Waals surface area contributed by atoms with E-state index in [1.807, 2.05) is 23.1 Å². The van der Waals surface area contributed by atoms with Gasteiger partial charge in [-0.2, -0.15) is 4.37 Å². The molecule has 1 aliphatic rings. The lowest BCUT2D eigenvalue weighted by molar-refractivity contribution is -0.119. The number of carbonyl (C=O) groups is 1. The van der Waals surface area contributed by atoms with E-state index in [0.717, 1.165) is 29.5 Å². The molecule has 3 aromatic rings. The minimum Gasteiger partial charge on any atom is -0.355 e. The predicted octanol–water partition coefficient (Wildman–Crippen LogP) is 4.82. The largest absolute Gasteiger partial charge is 0.355 e. The minimum absolute atomic E-state index is 0.0305. The van der Waals surface area contributed by atoms with Crippen LogP contribution in [0.25, 0.3) is 0 Å². The van der Waals surface area contributed by atoms with E-state index >= 15 is 0 Å². The second-order valence-electron chi connectivity index (χ2n) is 9.58. The number of likely N-dealkylation sites (tertiary alicyclic amines) is 1. The summed E-state index contributed by atoms with van der Waals surface area (Å²) in [6.07, 6.45) is 5.59. The molecule has 35 heavy (non-hydrogen) atoms. The lowest BCUT2D eigenvalue weighted by Crippen LogP contribution is -2.40. The van der Waals surface area contributed by atoms with Crippen molar-refractivity contribution in [2.24, 2.45) is 0 Å². The normalized spacial score (nSPS) is 16.2. The maximum absolute atomic E-state index is 12.9. The van der Waals surface area contributed by atoms with Gasteiger partial charge in [-0.05, 0) is 50.8 Å². The first kappa shape index (κ1) is 25.3. The van der Waals surface area contributed by atoms with Crippen molar-refractivity contribution in [1.82, 2.24) is 19.6 Å². The molecule has 186 valence electrons. The predicted molar refractivity (Wildman–Crippen MR) is 144 cm³/mol. The van der Waals surface area contributed by atoms with Gasteiger partial charge in [-0.3, -0.25) is 4.79 Å². The van der Waals surface area contributed by atoms with Gasteiger partial charge in [0.05, 0.1) is 6.54 Å². The van der Waals surface area contributed by atoms with Gasteiger partial charge in [0.15, 0.2) is 0 Å². The summed E-state index contributed by atoms with van der Waals surface area (Å²) in [5, 5.41) is 3.91. The van der Waals surface area contributed by atoms with E-state index in [1.165, 1.54) is 48.5 Å². The zero-order valence-electron chi connectivity index (χ0n) is 20.9. The third-order valence-electron chi connectivity index (χ3n) is 6.65. The Morgan fingerprint density at radius 1 is 1.11 bits per heavy atom. The SMILES string of the molecule is Cc1ccc(Cc2nsc(N(CC(=O)NCCCN3CCCCC3C)Cc3ccccc3)n2)cc1. The number of rotatable bonds is 11. The summed E-state index contributed by atoms with van der Waals surface area (Å²) >= 11 is 1.37. The number of amides is 1. The van der Waals surface area contributed by atoms with Crippen LogP contribution in [0.1, 0.15) is 55.1 Å². The van der Waals surface area contributed by atoms with Crippen LogP contribution in [0.4, 0.5) is 5.13 Å². The van der Waals surface area contributed by atoms with E-state index in [-0.39, 0.29) is 12.5 Å². The number of nitrogens with zero attached hydrogens (tertiary/aromatic N) is 4. The second kappa shape index (κ2) is 12.8. The summed E-state index contributed by atoms with van der Waals surface area (Å²) in [4.78, 5) is 22.2. The summed E-state index contributed by atoms with van der Waals surface area (Å²) < 4.78 is 4.59. The zero-order valence-corrected chi connectivity index (χ0v) is 21.8. The molecule has 1 N–H and O–H groups in total. The van der Waals surface area contributed by atoms with E-state index < -0.39 is 0 Å². The first-order valence-corrected chi connectivity index (χ1v) is 13.5. The quantitative estimate of drug-likeness (QED) is 0.390. The van der Waals surface area contributed by atoms with E-state index in [4.69, 9.17) is 4.98 Å². The minimum atomic E-state index is 0.0305. The van der Waals surface area contributed by atoms with E-state index in [2.05, 4.69) is 64.8 Å². The van der Waals surface area contributed by atoms with E-state index in [9.17, 15) is 4.79 Å². The first-order chi connectivity index (χ1) is 17.1. The second-order valence-corrected chi connectivity index (χ2v) is 10.3. The molecule has 0 aliphatic carbocycles. The third kappa shape index (κ3) is 7.87. The zero-order chi connectivity index (χ0) is 24.5. The standard InChI is InChI=1S/C28H37N5OS/c1-22-12-14-24(15-13-22)19-26-30-28(35-31-26)33(20-25-10-4-3-5-11-25)21-27(34)29-16-8-18-32-17-7-6-9-23(32)2/h3-5,10-15,23H,6-9,16-21H2,1-2H3,(H,29,34). The fourth-order valence-corrected chi connectivity index (χ4v) is 5.24. The van der Waals surface area contributed by atoms with Crippen molar-refractivity contribution in [1.29, 1.82) is 0 Å². The number of benzene rings is 2. The molecule has 6 nitrogen and oxygen atoms in total. The Morgan fingerprint density at radius 3 is 2.69 bits per heavy atom. The van der Waals surface area contributed by atoms with E-state index in [0.29, 0.717) is 25.6 Å². The van der Waals surface area contributed by atoms with Gasteiger partial charge < -0.3 is 15.1 Å². The molecule has 1 aromatic heterocycles. The number of piperidine rings is 1. The van der Waals surface area contributed by atoms with Crippen LogP contribution in [0.3, 0.4) is 0 Å². The molecule has 0 saturated carbocycles. The molecule has 1 fully saturated rings. The molecule has 4 rings (SSSR count). The van der Waals surface area contributed by atoms with Gasteiger partial charge in [0, 0.05) is 43.6 Å². The first-order valence-electron chi connectivity index (χ1n) is 12.7. The van der Waals surface area contributed by atoms with Crippen molar-refractivity contribution >= 4 is 22.6 Å². The van der Waals surface area contributed by atoms with E-state index in [1.54, 1.807) is 0 Å². The molecule has 1 atom stereocenters. The molecule has 7 heteroatoms. The average molecular weight is 492 g/mol. The topological polar surface area (TPSA) is 61.4 Å². The number of anilines is 1. The van der Waals surface area contributed by atoms with Gasteiger partial charge >= 0.3 is 0 Å². The van der Waals surface area contributed by atoms with Crippen molar-refractivity contribution in [3.05, 3.63) is 77.1 Å². The van der Waals surface area contributed by atoms with Crippen LogP contribution < -0.4 is 10.2 Å². The summed E-state index contributed by atoms with van der Waals surface area (Å²) in [7, 11) is 0. The maximum Gasteiger partial charge on any atom is 0.239 e. The highest BCUT2D eigenvalue weighted by molar-refractivity contribution is 7.09. The Hall–Kier alpha value is -2.77. The molecule has 2 aromatic carbocycles. The monoisotopic (exact) mass is 491 g/mol. The number of aryl methyl sites for hydroxylation is 1. The summed E-state index contributed by atoms with van der Waals surface area (Å²) in [6, 6.07) is 19.3. The highest BCUT2D eigenvalue weighted by Crippen LogP contribution is 2.21. The molecular formula is C28H37N5OS. The average Bonchev–Trinajstić information content (AvgIpc) is 3.33. The Bertz CT molecular complexity index is 1050. The van der Waals surface area contributed by atoms with Crippen LogP contribution in [0.5, 0.6) is 0 Å². The van der Waals surface area contributed by atoms with Crippen molar-refractivity contribution in [3.63, 3.8) is 0 Å². The Balaban J connectivity index is 1.34. The van der Waals surface area contributed by atoms with Crippen LogP contribution in [0, 0.1) is 6.92 Å². The molecule has 1 unspecified atom stereocenters. The van der Waals surface area contributed by atoms with Crippen molar-refractivity contribution < 1.29 is 4.79 Å². The highest BCUT2D eigenvalue weighted by Gasteiger charge is 2.19. The Labute approximate surface area is 213 Å². The lowest BCUT2D eigenvalue weighted by Gasteiger charge is -2.33. The van der Waals surface area contributed by atoms with Gasteiger partial charge in [-0.25, -0.2) is 4.98 Å². The van der Waals surface area contributed by atoms with Gasteiger partial charge in [0.2, 0.25) is 11.0 Å². The molecule has 2 heterocycles. The molecule has 0 radical (unpaired) electrons. The fourth-order valence-electron chi connectivity index (χ4n) is 4.56. The fraction of sp³-hybridized carbons (Fsp3) is 0.464. The Morgan fingerprint density at radius 2 is 1.91 bits per heavy atom. The van der Waals surface area contributed by atoms with Gasteiger partial charge in [-0.15, -0.1) is 0 Å². The lowest BCUT2D eigenvalue weighted by atomic mass is 10.0. The molecular weight excluding hydrogens is 454 g/mol. The number of hydrogen-bond donors (Lipinski definition) is 1. The van der Waals surface area contributed by atoms with Gasteiger partial charge in [0.25, 0.3) is 0 Å². The van der Waals surface area contributed by atoms with Crippen molar-refractivity contribution in [2.45, 2.75) is 58.5 Å². The maximum atomic E-state index is 12.9. The van der Waals surface area contributed by atoms with Gasteiger partial charge in [0.1, 0.15) is 5.82 Å². The van der Waals surface area contributed by atoms with Crippen LogP contribution >= 0.6 is 11.5 Å². The number of nitrogens with one attached hydrogen (secondary N) is 1. The van der Waals surface area contributed by atoms with Crippen LogP contribution in [0.15, 0.2) is 54.6 Å². The van der Waals surface area contributed by atoms with Crippen LogP contribution in [0.2, 0.25) is 0 Å². The van der Waals surface area contributed by atoms with Crippen molar-refractivity contribution in [2.75, 3.05) is 31.1 Å².